The molecule has 3 N–H and O–H groups in total. The normalized spacial score (nSPS) is 9.33. The van der Waals surface area contributed by atoms with E-state index in [1.54, 1.807) is 6.07 Å². The number of benzene rings is 1. The van der Waals surface area contributed by atoms with Crippen molar-refractivity contribution in [2.75, 3.05) is 11.9 Å². The fourth-order valence-electron chi connectivity index (χ4n) is 1.23. The molecule has 0 aliphatic rings. The van der Waals surface area contributed by atoms with Crippen LogP contribution in [0, 0.1) is 18.3 Å². The van der Waals surface area contributed by atoms with E-state index in [0.717, 1.165) is 11.3 Å². The average Bonchev–Trinajstić information content (AvgIpc) is 2.17. The minimum Gasteiger partial charge on any atom is -0.385 e. The number of amides is 1. The Kier molecular flexibility index (Phi) is 3.69. The van der Waals surface area contributed by atoms with Crippen LogP contribution in [0.3, 0.4) is 0 Å². The van der Waals surface area contributed by atoms with Crippen LogP contribution in [-0.2, 0) is 4.79 Å². The SMILES string of the molecule is Cc1cc(NCCC(N)=O)ccc1C#N. The fraction of sp³-hybridized carbons (Fsp3) is 0.273. The van der Waals surface area contributed by atoms with E-state index in [9.17, 15) is 4.79 Å². The first-order chi connectivity index (χ1) is 7.13. The molecule has 1 rings (SSSR count). The molecular formula is C11H13N3O. The Hall–Kier alpha value is -2.02. The molecule has 4 nitrogen and oxygen atoms in total. The molecule has 0 spiro atoms. The molecule has 0 saturated carbocycles. The van der Waals surface area contributed by atoms with Gasteiger partial charge in [-0.05, 0) is 30.7 Å². The smallest absolute Gasteiger partial charge is 0.219 e. The maximum Gasteiger partial charge on any atom is 0.219 e. The zero-order valence-electron chi connectivity index (χ0n) is 8.58. The molecule has 0 radical (unpaired) electrons. The standard InChI is InChI=1S/C11H13N3O/c1-8-6-10(3-2-9(8)7-12)14-5-4-11(13)15/h2-3,6,14H,4-5H2,1H3,(H2,13,15). The van der Waals surface area contributed by atoms with Crippen molar-refractivity contribution in [1.82, 2.24) is 0 Å². The molecule has 1 amide bonds. The Morgan fingerprint density at radius 3 is 2.87 bits per heavy atom. The van der Waals surface area contributed by atoms with Gasteiger partial charge in [-0.1, -0.05) is 0 Å². The number of aryl methyl sites for hydroxylation is 1. The van der Waals surface area contributed by atoms with Crippen LogP contribution < -0.4 is 11.1 Å². The third-order valence-corrected chi connectivity index (χ3v) is 2.05. The van der Waals surface area contributed by atoms with Crippen molar-refractivity contribution in [2.45, 2.75) is 13.3 Å². The van der Waals surface area contributed by atoms with Gasteiger partial charge in [-0.15, -0.1) is 0 Å². The number of hydrogen-bond acceptors (Lipinski definition) is 3. The number of primary amides is 1. The van der Waals surface area contributed by atoms with Crippen molar-refractivity contribution >= 4 is 11.6 Å². The fourth-order valence-corrected chi connectivity index (χ4v) is 1.23. The van der Waals surface area contributed by atoms with Gasteiger partial charge < -0.3 is 11.1 Å². The van der Waals surface area contributed by atoms with E-state index in [1.807, 2.05) is 19.1 Å². The van der Waals surface area contributed by atoms with Gasteiger partial charge in [0.05, 0.1) is 11.6 Å². The van der Waals surface area contributed by atoms with Crippen LogP contribution in [0.2, 0.25) is 0 Å². The first-order valence-corrected chi connectivity index (χ1v) is 4.66. The molecule has 0 fully saturated rings. The van der Waals surface area contributed by atoms with Crippen molar-refractivity contribution in [2.24, 2.45) is 5.73 Å². The van der Waals surface area contributed by atoms with Gasteiger partial charge in [-0.2, -0.15) is 5.26 Å². The first kappa shape index (κ1) is 11.1. The Bertz CT molecular complexity index is 407. The lowest BCUT2D eigenvalue weighted by molar-refractivity contribution is -0.117. The van der Waals surface area contributed by atoms with E-state index < -0.39 is 0 Å². The topological polar surface area (TPSA) is 78.9 Å². The van der Waals surface area contributed by atoms with Crippen LogP contribution in [-0.4, -0.2) is 12.5 Å². The zero-order valence-corrected chi connectivity index (χ0v) is 8.58. The average molecular weight is 203 g/mol. The zero-order chi connectivity index (χ0) is 11.3. The van der Waals surface area contributed by atoms with Crippen molar-refractivity contribution in [3.05, 3.63) is 29.3 Å². The summed E-state index contributed by atoms with van der Waals surface area (Å²) in [5, 5.41) is 11.8. The number of anilines is 1. The molecule has 1 aromatic rings. The van der Waals surface area contributed by atoms with Crippen molar-refractivity contribution in [3.8, 4) is 6.07 Å². The summed E-state index contributed by atoms with van der Waals surface area (Å²) in [4.78, 5) is 10.5. The van der Waals surface area contributed by atoms with Gasteiger partial charge >= 0.3 is 0 Å². The predicted octanol–water partition coefficient (Wildman–Crippen LogP) is 1.15. The molecule has 0 saturated heterocycles. The summed E-state index contributed by atoms with van der Waals surface area (Å²) in [6.45, 7) is 2.39. The highest BCUT2D eigenvalue weighted by atomic mass is 16.1. The second kappa shape index (κ2) is 5.01. The second-order valence-corrected chi connectivity index (χ2v) is 3.28. The van der Waals surface area contributed by atoms with E-state index >= 15 is 0 Å². The molecule has 4 heteroatoms. The summed E-state index contributed by atoms with van der Waals surface area (Å²) >= 11 is 0. The number of nitrogens with zero attached hydrogens (tertiary/aromatic N) is 1. The number of hydrogen-bond donors (Lipinski definition) is 2. The highest BCUT2D eigenvalue weighted by Crippen LogP contribution is 2.13. The molecule has 0 bridgehead atoms. The molecule has 0 heterocycles. The van der Waals surface area contributed by atoms with Gasteiger partial charge in [0.1, 0.15) is 0 Å². The minimum absolute atomic E-state index is 0.305. The highest BCUT2D eigenvalue weighted by Gasteiger charge is 1.99. The quantitative estimate of drug-likeness (QED) is 0.770. The number of carbonyl (C=O) groups excluding carboxylic acids is 1. The summed E-state index contributed by atoms with van der Waals surface area (Å²) in [5.74, 6) is -0.326. The number of rotatable bonds is 4. The van der Waals surface area contributed by atoms with Crippen LogP contribution in [0.15, 0.2) is 18.2 Å². The molecule has 0 aliphatic carbocycles. The molecule has 0 unspecified atom stereocenters. The third kappa shape index (κ3) is 3.31. The van der Waals surface area contributed by atoms with E-state index in [-0.39, 0.29) is 5.91 Å². The van der Waals surface area contributed by atoms with Crippen LogP contribution in [0.5, 0.6) is 0 Å². The Morgan fingerprint density at radius 1 is 1.60 bits per heavy atom. The number of nitriles is 1. The summed E-state index contributed by atoms with van der Waals surface area (Å²) < 4.78 is 0. The van der Waals surface area contributed by atoms with Crippen molar-refractivity contribution in [3.63, 3.8) is 0 Å². The van der Waals surface area contributed by atoms with Crippen molar-refractivity contribution in [1.29, 1.82) is 5.26 Å². The third-order valence-electron chi connectivity index (χ3n) is 2.05. The summed E-state index contributed by atoms with van der Waals surface area (Å²) in [7, 11) is 0. The van der Waals surface area contributed by atoms with Crippen LogP contribution in [0.25, 0.3) is 0 Å². The Balaban J connectivity index is 2.60. The van der Waals surface area contributed by atoms with Gasteiger partial charge in [0, 0.05) is 18.7 Å². The Labute approximate surface area is 88.7 Å². The van der Waals surface area contributed by atoms with Crippen LogP contribution >= 0.6 is 0 Å². The lowest BCUT2D eigenvalue weighted by Crippen LogP contribution is -2.15. The minimum atomic E-state index is -0.326. The molecule has 15 heavy (non-hydrogen) atoms. The first-order valence-electron chi connectivity index (χ1n) is 4.66. The van der Waals surface area contributed by atoms with Crippen LogP contribution in [0.4, 0.5) is 5.69 Å². The van der Waals surface area contributed by atoms with Gasteiger partial charge in [0.25, 0.3) is 0 Å². The molecule has 0 aromatic heterocycles. The van der Waals surface area contributed by atoms with Gasteiger partial charge in [0.2, 0.25) is 5.91 Å². The van der Waals surface area contributed by atoms with Gasteiger partial charge in [-0.25, -0.2) is 0 Å². The van der Waals surface area contributed by atoms with E-state index in [1.165, 1.54) is 0 Å². The van der Waals surface area contributed by atoms with Crippen LogP contribution in [0.1, 0.15) is 17.5 Å². The lowest BCUT2D eigenvalue weighted by atomic mass is 10.1. The van der Waals surface area contributed by atoms with E-state index in [0.29, 0.717) is 18.5 Å². The monoisotopic (exact) mass is 203 g/mol. The lowest BCUT2D eigenvalue weighted by Gasteiger charge is -2.06. The summed E-state index contributed by atoms with van der Waals surface area (Å²) in [6.07, 6.45) is 0.305. The highest BCUT2D eigenvalue weighted by molar-refractivity contribution is 5.74. The molecular weight excluding hydrogens is 190 g/mol. The van der Waals surface area contributed by atoms with E-state index in [2.05, 4.69) is 11.4 Å². The summed E-state index contributed by atoms with van der Waals surface area (Å²) in [5.41, 5.74) is 7.49. The van der Waals surface area contributed by atoms with E-state index in [4.69, 9.17) is 11.0 Å². The molecule has 0 aliphatic heterocycles. The largest absolute Gasteiger partial charge is 0.385 e. The number of carbonyl (C=O) groups is 1. The second-order valence-electron chi connectivity index (χ2n) is 3.28. The Morgan fingerprint density at radius 2 is 2.33 bits per heavy atom. The maximum absolute atomic E-state index is 10.5. The molecule has 78 valence electrons. The summed E-state index contributed by atoms with van der Waals surface area (Å²) in [6, 6.07) is 7.53. The maximum atomic E-state index is 10.5. The van der Waals surface area contributed by atoms with Gasteiger partial charge in [-0.3, -0.25) is 4.79 Å². The van der Waals surface area contributed by atoms with Gasteiger partial charge in [0.15, 0.2) is 0 Å². The predicted molar refractivity (Wildman–Crippen MR) is 58.2 cm³/mol. The molecule has 1 aromatic carbocycles. The molecule has 0 atom stereocenters. The number of nitrogens with one attached hydrogen (secondary N) is 1. The number of nitrogens with two attached hydrogens (primary N) is 1. The van der Waals surface area contributed by atoms with Crippen molar-refractivity contribution < 1.29 is 4.79 Å².